The van der Waals surface area contributed by atoms with Crippen molar-refractivity contribution >= 4 is 46.6 Å². The Bertz CT molecular complexity index is 908. The summed E-state index contributed by atoms with van der Waals surface area (Å²) in [5, 5.41) is 3.26. The number of anilines is 1. The Hall–Kier alpha value is -2.29. The number of hydrogen-bond acceptors (Lipinski definition) is 6. The molecular formula is C19H21ClN4O3S. The highest BCUT2D eigenvalue weighted by Gasteiger charge is 2.36. The van der Waals surface area contributed by atoms with Gasteiger partial charge < -0.3 is 5.32 Å². The molecule has 0 fully saturated rings. The molecule has 0 atom stereocenters. The number of nitrogens with zero attached hydrogens (tertiary/aromatic N) is 3. The molecule has 148 valence electrons. The molecule has 4 rings (SSSR count). The third kappa shape index (κ3) is 3.67. The summed E-state index contributed by atoms with van der Waals surface area (Å²) in [6.45, 7) is 5.80. The summed E-state index contributed by atoms with van der Waals surface area (Å²) in [4.78, 5) is 46.1. The van der Waals surface area contributed by atoms with Gasteiger partial charge in [-0.25, -0.2) is 4.98 Å². The Morgan fingerprint density at radius 2 is 1.86 bits per heavy atom. The van der Waals surface area contributed by atoms with Gasteiger partial charge in [-0.05, 0) is 26.0 Å². The lowest BCUT2D eigenvalue weighted by Gasteiger charge is -2.29. The van der Waals surface area contributed by atoms with E-state index < -0.39 is 17.7 Å². The SMILES string of the molecule is CC(C)N1CCc2nc(NC(=O)CN3C(=O)c4ccccc4C3=O)sc2C1.Cl. The maximum Gasteiger partial charge on any atom is 0.262 e. The number of carbonyl (C=O) groups excluding carboxylic acids is 3. The van der Waals surface area contributed by atoms with Gasteiger partial charge in [-0.1, -0.05) is 12.1 Å². The fraction of sp³-hybridized carbons (Fsp3) is 0.368. The monoisotopic (exact) mass is 420 g/mol. The van der Waals surface area contributed by atoms with Gasteiger partial charge in [-0.15, -0.1) is 23.7 Å². The summed E-state index contributed by atoms with van der Waals surface area (Å²) >= 11 is 1.46. The smallest absolute Gasteiger partial charge is 0.262 e. The van der Waals surface area contributed by atoms with Crippen LogP contribution in [0.1, 0.15) is 45.1 Å². The van der Waals surface area contributed by atoms with E-state index in [1.165, 1.54) is 11.3 Å². The summed E-state index contributed by atoms with van der Waals surface area (Å²) in [5.74, 6) is -1.29. The lowest BCUT2D eigenvalue weighted by atomic mass is 10.1. The lowest BCUT2D eigenvalue weighted by Crippen LogP contribution is -2.37. The van der Waals surface area contributed by atoms with Gasteiger partial charge in [-0.2, -0.15) is 0 Å². The lowest BCUT2D eigenvalue weighted by molar-refractivity contribution is -0.116. The van der Waals surface area contributed by atoms with E-state index in [1.807, 2.05) is 0 Å². The first kappa shape index (κ1) is 20.4. The molecule has 0 radical (unpaired) electrons. The molecule has 0 aliphatic carbocycles. The van der Waals surface area contributed by atoms with Crippen molar-refractivity contribution in [1.82, 2.24) is 14.8 Å². The summed E-state index contributed by atoms with van der Waals surface area (Å²) in [7, 11) is 0. The second-order valence-corrected chi connectivity index (χ2v) is 8.08. The quantitative estimate of drug-likeness (QED) is 0.768. The summed E-state index contributed by atoms with van der Waals surface area (Å²) in [5.41, 5.74) is 1.70. The number of imide groups is 1. The van der Waals surface area contributed by atoms with Crippen molar-refractivity contribution in [2.24, 2.45) is 0 Å². The number of hydrogen-bond donors (Lipinski definition) is 1. The van der Waals surface area contributed by atoms with Crippen LogP contribution < -0.4 is 5.32 Å². The number of benzene rings is 1. The van der Waals surface area contributed by atoms with Crippen LogP contribution in [0.4, 0.5) is 5.13 Å². The van der Waals surface area contributed by atoms with Gasteiger partial charge in [0.25, 0.3) is 11.8 Å². The Morgan fingerprint density at radius 1 is 1.21 bits per heavy atom. The second-order valence-electron chi connectivity index (χ2n) is 6.99. The molecular weight excluding hydrogens is 400 g/mol. The summed E-state index contributed by atoms with van der Waals surface area (Å²) < 4.78 is 0. The Balaban J connectivity index is 0.00000225. The first-order valence-corrected chi connectivity index (χ1v) is 9.73. The number of aromatic nitrogens is 1. The molecule has 2 aliphatic rings. The predicted molar refractivity (Wildman–Crippen MR) is 109 cm³/mol. The molecule has 1 aromatic heterocycles. The van der Waals surface area contributed by atoms with Crippen molar-refractivity contribution < 1.29 is 14.4 Å². The Morgan fingerprint density at radius 3 is 2.46 bits per heavy atom. The van der Waals surface area contributed by atoms with Crippen LogP contribution in [0.25, 0.3) is 0 Å². The van der Waals surface area contributed by atoms with Gasteiger partial charge in [0.15, 0.2) is 5.13 Å². The topological polar surface area (TPSA) is 82.6 Å². The van der Waals surface area contributed by atoms with Crippen LogP contribution in [-0.4, -0.2) is 51.6 Å². The van der Waals surface area contributed by atoms with E-state index in [4.69, 9.17) is 0 Å². The molecule has 0 saturated carbocycles. The second kappa shape index (κ2) is 7.98. The summed E-state index contributed by atoms with van der Waals surface area (Å²) in [6, 6.07) is 7.07. The molecule has 28 heavy (non-hydrogen) atoms. The van der Waals surface area contributed by atoms with Crippen molar-refractivity contribution in [2.45, 2.75) is 32.9 Å². The van der Waals surface area contributed by atoms with Crippen molar-refractivity contribution in [1.29, 1.82) is 0 Å². The van der Waals surface area contributed by atoms with E-state index in [0.717, 1.165) is 35.0 Å². The average Bonchev–Trinajstić information content (AvgIpc) is 3.15. The van der Waals surface area contributed by atoms with Crippen LogP contribution in [0.3, 0.4) is 0 Å². The number of halogens is 1. The van der Waals surface area contributed by atoms with E-state index in [9.17, 15) is 14.4 Å². The molecule has 0 spiro atoms. The standard InChI is InChI=1S/C19H20N4O3S.ClH/c1-11(2)22-8-7-14-15(9-22)27-19(20-14)21-16(24)10-23-17(25)12-5-3-4-6-13(12)18(23)26;/h3-6,11H,7-10H2,1-2H3,(H,20,21,24);1H. The van der Waals surface area contributed by atoms with Crippen LogP contribution >= 0.6 is 23.7 Å². The molecule has 3 amide bonds. The third-order valence-corrected chi connectivity index (χ3v) is 5.92. The molecule has 2 aromatic rings. The van der Waals surface area contributed by atoms with Crippen LogP contribution in [0.2, 0.25) is 0 Å². The number of fused-ring (bicyclic) bond motifs is 2. The van der Waals surface area contributed by atoms with Crippen molar-refractivity contribution in [3.63, 3.8) is 0 Å². The molecule has 9 heteroatoms. The zero-order valence-corrected chi connectivity index (χ0v) is 17.2. The van der Waals surface area contributed by atoms with Gasteiger partial charge in [0, 0.05) is 30.4 Å². The van der Waals surface area contributed by atoms with Crippen molar-refractivity contribution in [3.05, 3.63) is 46.0 Å². The van der Waals surface area contributed by atoms with Crippen molar-refractivity contribution in [3.8, 4) is 0 Å². The molecule has 2 aliphatic heterocycles. The molecule has 3 heterocycles. The van der Waals surface area contributed by atoms with Crippen LogP contribution in [0.15, 0.2) is 24.3 Å². The van der Waals surface area contributed by atoms with Gasteiger partial charge in [0.05, 0.1) is 16.8 Å². The largest absolute Gasteiger partial charge is 0.300 e. The van der Waals surface area contributed by atoms with E-state index in [1.54, 1.807) is 24.3 Å². The molecule has 1 N–H and O–H groups in total. The first-order chi connectivity index (χ1) is 12.9. The van der Waals surface area contributed by atoms with Gasteiger partial charge in [0.1, 0.15) is 6.54 Å². The van der Waals surface area contributed by atoms with Gasteiger partial charge >= 0.3 is 0 Å². The minimum Gasteiger partial charge on any atom is -0.300 e. The number of rotatable bonds is 4. The van der Waals surface area contributed by atoms with Crippen LogP contribution in [0, 0.1) is 0 Å². The number of thiazole rings is 1. The highest BCUT2D eigenvalue weighted by molar-refractivity contribution is 7.15. The van der Waals surface area contributed by atoms with Gasteiger partial charge in [0.2, 0.25) is 5.91 Å². The Labute approximate surface area is 173 Å². The third-order valence-electron chi connectivity index (χ3n) is 4.92. The molecule has 7 nitrogen and oxygen atoms in total. The van der Waals surface area contributed by atoms with Gasteiger partial charge in [-0.3, -0.25) is 24.2 Å². The minimum absolute atomic E-state index is 0. The molecule has 0 bridgehead atoms. The molecule has 0 unspecified atom stereocenters. The van der Waals surface area contributed by atoms with Crippen LogP contribution in [0.5, 0.6) is 0 Å². The summed E-state index contributed by atoms with van der Waals surface area (Å²) in [6.07, 6.45) is 0.859. The van der Waals surface area contributed by atoms with E-state index >= 15 is 0 Å². The first-order valence-electron chi connectivity index (χ1n) is 8.91. The number of nitrogens with one attached hydrogen (secondary N) is 1. The zero-order chi connectivity index (χ0) is 19.1. The predicted octanol–water partition coefficient (Wildman–Crippen LogP) is 2.57. The number of carbonyl (C=O) groups is 3. The maximum absolute atomic E-state index is 12.4. The zero-order valence-electron chi connectivity index (χ0n) is 15.6. The minimum atomic E-state index is -0.434. The van der Waals surface area contributed by atoms with Crippen LogP contribution in [-0.2, 0) is 17.8 Å². The fourth-order valence-corrected chi connectivity index (χ4v) is 4.44. The van der Waals surface area contributed by atoms with E-state index in [0.29, 0.717) is 22.3 Å². The molecule has 0 saturated heterocycles. The highest BCUT2D eigenvalue weighted by Crippen LogP contribution is 2.29. The van der Waals surface area contributed by atoms with Crippen molar-refractivity contribution in [2.75, 3.05) is 18.4 Å². The average molecular weight is 421 g/mol. The van der Waals surface area contributed by atoms with E-state index in [2.05, 4.69) is 29.0 Å². The number of amides is 3. The fourth-order valence-electron chi connectivity index (χ4n) is 3.39. The maximum atomic E-state index is 12.4. The molecule has 1 aromatic carbocycles. The Kier molecular flexibility index (Phi) is 5.83. The van der Waals surface area contributed by atoms with E-state index in [-0.39, 0.29) is 19.0 Å². The normalized spacial score (nSPS) is 16.0. The highest BCUT2D eigenvalue weighted by atomic mass is 35.5.